The first-order valence-corrected chi connectivity index (χ1v) is 5.26. The molecule has 0 fully saturated rings. The normalized spacial score (nSPS) is 14.7. The van der Waals surface area contributed by atoms with Gasteiger partial charge in [0.15, 0.2) is 4.67 Å². The molecule has 0 bridgehead atoms. The van der Waals surface area contributed by atoms with E-state index in [2.05, 4.69) is 21.2 Å². The smallest absolute Gasteiger partial charge is 0.255 e. The van der Waals surface area contributed by atoms with Crippen molar-refractivity contribution in [3.63, 3.8) is 0 Å². The van der Waals surface area contributed by atoms with Gasteiger partial charge in [0.25, 0.3) is 5.91 Å². The lowest BCUT2D eigenvalue weighted by molar-refractivity contribution is 0.0936. The number of rotatable bonds is 4. The van der Waals surface area contributed by atoms with Gasteiger partial charge in [-0.25, -0.2) is 0 Å². The number of carbonyl (C=O) groups excluding carboxylic acids is 1. The van der Waals surface area contributed by atoms with E-state index in [1.165, 1.54) is 6.26 Å². The fourth-order valence-corrected chi connectivity index (χ4v) is 1.35. The molecule has 0 aromatic carbocycles. The van der Waals surface area contributed by atoms with E-state index < -0.39 is 12.1 Å². The highest BCUT2D eigenvalue weighted by atomic mass is 79.9. The number of nitrogens with one attached hydrogen (secondary N) is 1. The minimum Gasteiger partial charge on any atom is -0.457 e. The van der Waals surface area contributed by atoms with Crippen LogP contribution in [0.3, 0.4) is 0 Å². The maximum Gasteiger partial charge on any atom is 0.255 e. The molecule has 1 rings (SSSR count). The Kier molecular flexibility index (Phi) is 4.31. The topological polar surface area (TPSA) is 88.5 Å². The minimum absolute atomic E-state index is 0.216. The van der Waals surface area contributed by atoms with Crippen LogP contribution in [0.4, 0.5) is 0 Å². The van der Waals surface area contributed by atoms with Crippen molar-refractivity contribution in [1.82, 2.24) is 5.32 Å². The molecule has 2 atom stereocenters. The van der Waals surface area contributed by atoms with E-state index in [1.54, 1.807) is 13.0 Å². The zero-order valence-electron chi connectivity index (χ0n) is 8.24. The number of halogens is 1. The summed E-state index contributed by atoms with van der Waals surface area (Å²) < 4.78 is 5.30. The third-order valence-electron chi connectivity index (χ3n) is 1.98. The minimum atomic E-state index is -0.655. The van der Waals surface area contributed by atoms with E-state index in [0.29, 0.717) is 10.2 Å². The first kappa shape index (κ1) is 12.2. The SMILES string of the molecule is CC(O)C(N)CNC(=O)c1ccoc1Br. The molecule has 0 spiro atoms. The molecule has 0 saturated heterocycles. The molecule has 4 N–H and O–H groups in total. The summed E-state index contributed by atoms with van der Waals surface area (Å²) in [6, 6.07) is 1.08. The fourth-order valence-electron chi connectivity index (χ4n) is 0.932. The van der Waals surface area contributed by atoms with Crippen molar-refractivity contribution in [2.24, 2.45) is 5.73 Å². The summed E-state index contributed by atoms with van der Waals surface area (Å²) in [6.07, 6.45) is 0.756. The predicted octanol–water partition coefficient (Wildman–Crippen LogP) is 0.480. The maximum atomic E-state index is 11.5. The van der Waals surface area contributed by atoms with Crippen LogP contribution in [-0.4, -0.2) is 29.7 Å². The third kappa shape index (κ3) is 3.33. The second-order valence-corrected chi connectivity index (χ2v) is 3.94. The van der Waals surface area contributed by atoms with Crippen LogP contribution in [0.25, 0.3) is 0 Å². The Morgan fingerprint density at radius 1 is 1.80 bits per heavy atom. The number of amides is 1. The second-order valence-electron chi connectivity index (χ2n) is 3.22. The average Bonchev–Trinajstić information content (AvgIpc) is 2.60. The van der Waals surface area contributed by atoms with Crippen molar-refractivity contribution < 1.29 is 14.3 Å². The van der Waals surface area contributed by atoms with Crippen LogP contribution in [0.5, 0.6) is 0 Å². The van der Waals surface area contributed by atoms with Gasteiger partial charge in [-0.2, -0.15) is 0 Å². The monoisotopic (exact) mass is 276 g/mol. The lowest BCUT2D eigenvalue weighted by atomic mass is 10.2. The molecule has 0 aliphatic rings. The van der Waals surface area contributed by atoms with Crippen molar-refractivity contribution in [3.05, 3.63) is 22.6 Å². The number of aliphatic hydroxyl groups is 1. The van der Waals surface area contributed by atoms with Crippen LogP contribution in [0.2, 0.25) is 0 Å². The Hall–Kier alpha value is -0.850. The molecular formula is C9H13BrN2O3. The standard InChI is InChI=1S/C9H13BrN2O3/c1-5(13)7(11)4-12-9(14)6-2-3-15-8(6)10/h2-3,5,7,13H,4,11H2,1H3,(H,12,14). The van der Waals surface area contributed by atoms with E-state index in [-0.39, 0.29) is 12.5 Å². The van der Waals surface area contributed by atoms with Crippen LogP contribution in [-0.2, 0) is 0 Å². The van der Waals surface area contributed by atoms with Crippen molar-refractivity contribution in [2.45, 2.75) is 19.1 Å². The van der Waals surface area contributed by atoms with Gasteiger partial charge in [0, 0.05) is 12.6 Å². The first-order chi connectivity index (χ1) is 7.02. The number of carbonyl (C=O) groups is 1. The quantitative estimate of drug-likeness (QED) is 0.747. The number of hydrogen-bond acceptors (Lipinski definition) is 4. The number of hydrogen-bond donors (Lipinski definition) is 3. The van der Waals surface area contributed by atoms with Crippen LogP contribution in [0, 0.1) is 0 Å². The van der Waals surface area contributed by atoms with Crippen molar-refractivity contribution in [1.29, 1.82) is 0 Å². The highest BCUT2D eigenvalue weighted by Gasteiger charge is 2.15. The summed E-state index contributed by atoms with van der Waals surface area (Å²) in [6.45, 7) is 1.79. The molecule has 84 valence electrons. The van der Waals surface area contributed by atoms with Crippen molar-refractivity contribution in [2.75, 3.05) is 6.54 Å². The molecule has 1 aromatic rings. The summed E-state index contributed by atoms with van der Waals surface area (Å²) in [4.78, 5) is 11.5. The molecule has 6 heteroatoms. The molecule has 15 heavy (non-hydrogen) atoms. The fraction of sp³-hybridized carbons (Fsp3) is 0.444. The summed E-state index contributed by atoms with van der Waals surface area (Å²) in [7, 11) is 0. The van der Waals surface area contributed by atoms with E-state index in [9.17, 15) is 4.79 Å². The van der Waals surface area contributed by atoms with Crippen molar-refractivity contribution >= 4 is 21.8 Å². The Bertz CT molecular complexity index is 338. The van der Waals surface area contributed by atoms with Gasteiger partial charge in [-0.1, -0.05) is 0 Å². The van der Waals surface area contributed by atoms with Gasteiger partial charge in [0.1, 0.15) is 0 Å². The zero-order chi connectivity index (χ0) is 11.4. The first-order valence-electron chi connectivity index (χ1n) is 4.47. The lowest BCUT2D eigenvalue weighted by Gasteiger charge is -2.14. The Labute approximate surface area is 95.8 Å². The Morgan fingerprint density at radius 2 is 2.47 bits per heavy atom. The average molecular weight is 277 g/mol. The van der Waals surface area contributed by atoms with Gasteiger partial charge in [0.05, 0.1) is 17.9 Å². The van der Waals surface area contributed by atoms with E-state index >= 15 is 0 Å². The van der Waals surface area contributed by atoms with Gasteiger partial charge in [-0.3, -0.25) is 4.79 Å². The van der Waals surface area contributed by atoms with Crippen LogP contribution < -0.4 is 11.1 Å². The molecule has 0 aliphatic heterocycles. The molecule has 1 amide bonds. The zero-order valence-corrected chi connectivity index (χ0v) is 9.82. The third-order valence-corrected chi connectivity index (χ3v) is 2.59. The van der Waals surface area contributed by atoms with Crippen LogP contribution >= 0.6 is 15.9 Å². The van der Waals surface area contributed by atoms with Gasteiger partial charge in [0.2, 0.25) is 0 Å². The largest absolute Gasteiger partial charge is 0.457 e. The predicted molar refractivity (Wildman–Crippen MR) is 58.4 cm³/mol. The van der Waals surface area contributed by atoms with E-state index in [0.717, 1.165) is 0 Å². The van der Waals surface area contributed by atoms with Gasteiger partial charge >= 0.3 is 0 Å². The maximum absolute atomic E-state index is 11.5. The molecular weight excluding hydrogens is 264 g/mol. The summed E-state index contributed by atoms with van der Waals surface area (Å²) in [5, 5.41) is 11.7. The molecule has 0 aliphatic carbocycles. The molecule has 0 saturated carbocycles. The van der Waals surface area contributed by atoms with Gasteiger partial charge in [-0.05, 0) is 28.9 Å². The molecule has 2 unspecified atom stereocenters. The summed E-state index contributed by atoms with van der Waals surface area (Å²) in [5.74, 6) is -0.285. The van der Waals surface area contributed by atoms with E-state index in [1.807, 2.05) is 0 Å². The lowest BCUT2D eigenvalue weighted by Crippen LogP contribution is -2.43. The molecule has 0 radical (unpaired) electrons. The summed E-state index contributed by atoms with van der Waals surface area (Å²) in [5.41, 5.74) is 5.97. The number of nitrogens with two attached hydrogens (primary N) is 1. The van der Waals surface area contributed by atoms with Crippen LogP contribution in [0.15, 0.2) is 21.4 Å². The highest BCUT2D eigenvalue weighted by Crippen LogP contribution is 2.16. The highest BCUT2D eigenvalue weighted by molar-refractivity contribution is 9.10. The second kappa shape index (κ2) is 5.29. The van der Waals surface area contributed by atoms with Crippen LogP contribution in [0.1, 0.15) is 17.3 Å². The molecule has 5 nitrogen and oxygen atoms in total. The van der Waals surface area contributed by atoms with Crippen molar-refractivity contribution in [3.8, 4) is 0 Å². The molecule has 1 aromatic heterocycles. The number of aliphatic hydroxyl groups excluding tert-OH is 1. The van der Waals surface area contributed by atoms with Gasteiger partial charge < -0.3 is 20.6 Å². The van der Waals surface area contributed by atoms with E-state index in [4.69, 9.17) is 15.3 Å². The Morgan fingerprint density at radius 3 is 2.93 bits per heavy atom. The number of furan rings is 1. The van der Waals surface area contributed by atoms with Gasteiger partial charge in [-0.15, -0.1) is 0 Å². The molecule has 1 heterocycles. The Balaban J connectivity index is 2.47. The summed E-state index contributed by atoms with van der Waals surface area (Å²) >= 11 is 3.09.